The molecule has 0 unspecified atom stereocenters. The molecule has 0 N–H and O–H groups in total. The van der Waals surface area contributed by atoms with Gasteiger partial charge >= 0.3 is 0 Å². The van der Waals surface area contributed by atoms with E-state index in [0.29, 0.717) is 0 Å². The Hall–Kier alpha value is -2.32. The van der Waals surface area contributed by atoms with E-state index in [1.807, 2.05) is 0 Å². The molecule has 1 fully saturated rings. The van der Waals surface area contributed by atoms with Gasteiger partial charge in [-0.2, -0.15) is 0 Å². The number of anilines is 3. The lowest BCUT2D eigenvalue weighted by atomic mass is 10.1. The SMILES string of the molecule is Cc1ccc2c(c1)N(c1ccccc1)c1ccccc1[Si]21CCCC1. The van der Waals surface area contributed by atoms with Gasteiger partial charge in [-0.05, 0) is 59.2 Å². The van der Waals surface area contributed by atoms with Crippen LogP contribution in [0.2, 0.25) is 12.1 Å². The van der Waals surface area contributed by atoms with Crippen molar-refractivity contribution in [3.8, 4) is 0 Å². The van der Waals surface area contributed by atoms with E-state index < -0.39 is 8.07 Å². The van der Waals surface area contributed by atoms with Crippen LogP contribution in [0, 0.1) is 6.92 Å². The van der Waals surface area contributed by atoms with Gasteiger partial charge in [-0.25, -0.2) is 0 Å². The number of fused-ring (bicyclic) bond motifs is 4. The highest BCUT2D eigenvalue weighted by atomic mass is 28.3. The Morgan fingerprint density at radius 1 is 0.720 bits per heavy atom. The third-order valence-electron chi connectivity index (χ3n) is 6.04. The number of para-hydroxylation sites is 2. The maximum Gasteiger partial charge on any atom is 0.123 e. The average molecular weight is 342 g/mol. The van der Waals surface area contributed by atoms with Crippen LogP contribution in [-0.2, 0) is 0 Å². The molecule has 3 aromatic carbocycles. The lowest BCUT2D eigenvalue weighted by Gasteiger charge is -2.43. The fourth-order valence-corrected chi connectivity index (χ4v) is 10.5. The van der Waals surface area contributed by atoms with Crippen molar-refractivity contribution in [1.29, 1.82) is 0 Å². The molecule has 0 radical (unpaired) electrons. The topological polar surface area (TPSA) is 3.24 Å². The van der Waals surface area contributed by atoms with E-state index >= 15 is 0 Å². The van der Waals surface area contributed by atoms with Crippen LogP contribution in [-0.4, -0.2) is 8.07 Å². The molecule has 1 spiro atoms. The number of benzene rings is 3. The van der Waals surface area contributed by atoms with Gasteiger partial charge < -0.3 is 4.90 Å². The Morgan fingerprint density at radius 2 is 1.40 bits per heavy atom. The van der Waals surface area contributed by atoms with Crippen molar-refractivity contribution in [2.45, 2.75) is 31.9 Å². The van der Waals surface area contributed by atoms with Crippen molar-refractivity contribution < 1.29 is 0 Å². The van der Waals surface area contributed by atoms with Gasteiger partial charge in [-0.15, -0.1) is 0 Å². The third kappa shape index (κ3) is 2.14. The van der Waals surface area contributed by atoms with E-state index in [1.165, 1.54) is 47.6 Å². The largest absolute Gasteiger partial charge is 0.311 e. The Morgan fingerprint density at radius 3 is 2.20 bits per heavy atom. The van der Waals surface area contributed by atoms with Gasteiger partial charge in [0.1, 0.15) is 8.07 Å². The summed E-state index contributed by atoms with van der Waals surface area (Å²) in [5.74, 6) is 0. The number of hydrogen-bond acceptors (Lipinski definition) is 1. The smallest absolute Gasteiger partial charge is 0.123 e. The van der Waals surface area contributed by atoms with Gasteiger partial charge in [0.2, 0.25) is 0 Å². The maximum atomic E-state index is 2.49. The van der Waals surface area contributed by atoms with E-state index in [-0.39, 0.29) is 0 Å². The number of rotatable bonds is 1. The molecular weight excluding hydrogens is 318 g/mol. The van der Waals surface area contributed by atoms with Crippen molar-refractivity contribution in [1.82, 2.24) is 0 Å². The average Bonchev–Trinajstić information content (AvgIpc) is 3.13. The first-order valence-corrected chi connectivity index (χ1v) is 11.8. The zero-order chi connectivity index (χ0) is 16.9. The van der Waals surface area contributed by atoms with Crippen LogP contribution in [0.25, 0.3) is 0 Å². The lowest BCUT2D eigenvalue weighted by Crippen LogP contribution is -2.61. The van der Waals surface area contributed by atoms with Gasteiger partial charge in [0.05, 0.1) is 0 Å². The monoisotopic (exact) mass is 341 g/mol. The molecule has 0 atom stereocenters. The number of nitrogens with zero attached hydrogens (tertiary/aromatic N) is 1. The minimum absolute atomic E-state index is 1.27. The molecule has 2 aliphatic heterocycles. The molecule has 2 heteroatoms. The Kier molecular flexibility index (Phi) is 3.35. The lowest BCUT2D eigenvalue weighted by molar-refractivity contribution is 0.935. The van der Waals surface area contributed by atoms with Crippen LogP contribution in [0.1, 0.15) is 18.4 Å². The molecule has 1 saturated heterocycles. The molecule has 0 aromatic heterocycles. The predicted molar refractivity (Wildman–Crippen MR) is 110 cm³/mol. The summed E-state index contributed by atoms with van der Waals surface area (Å²) in [6, 6.07) is 30.1. The van der Waals surface area contributed by atoms with Crippen LogP contribution in [0.3, 0.4) is 0 Å². The van der Waals surface area contributed by atoms with Gasteiger partial charge in [0.25, 0.3) is 0 Å². The molecule has 0 saturated carbocycles. The fourth-order valence-electron chi connectivity index (χ4n) is 4.95. The van der Waals surface area contributed by atoms with Crippen LogP contribution in [0.4, 0.5) is 17.1 Å². The van der Waals surface area contributed by atoms with Crippen molar-refractivity contribution in [3.63, 3.8) is 0 Å². The van der Waals surface area contributed by atoms with Crippen molar-refractivity contribution in [3.05, 3.63) is 78.4 Å². The Bertz CT molecular complexity index is 926. The highest BCUT2D eigenvalue weighted by Gasteiger charge is 2.47. The standard InChI is InChI=1S/C23H23NSi/c1-18-13-14-23-21(17-18)24(19-9-3-2-4-10-19)20-11-5-6-12-22(20)25(23)15-7-8-16-25/h2-6,9-14,17H,7-8,15-16H2,1H3. The van der Waals surface area contributed by atoms with Crippen molar-refractivity contribution in [2.24, 2.45) is 0 Å². The molecule has 3 aromatic rings. The number of aryl methyl sites for hydroxylation is 1. The van der Waals surface area contributed by atoms with Crippen LogP contribution < -0.4 is 15.3 Å². The van der Waals surface area contributed by atoms with Crippen LogP contribution >= 0.6 is 0 Å². The Balaban J connectivity index is 1.85. The van der Waals surface area contributed by atoms with Gasteiger partial charge in [-0.1, -0.05) is 61.4 Å². The summed E-state index contributed by atoms with van der Waals surface area (Å²) in [5, 5.41) is 3.30. The molecule has 2 aliphatic rings. The predicted octanol–water partition coefficient (Wildman–Crippen LogP) is 5.14. The second-order valence-corrected chi connectivity index (χ2v) is 11.7. The first-order chi connectivity index (χ1) is 12.3. The Labute approximate surface area is 150 Å². The van der Waals surface area contributed by atoms with E-state index in [0.717, 1.165) is 0 Å². The summed E-state index contributed by atoms with van der Waals surface area (Å²) in [6.07, 6.45) is 2.78. The van der Waals surface area contributed by atoms with Crippen LogP contribution in [0.15, 0.2) is 72.8 Å². The molecule has 0 aliphatic carbocycles. The molecule has 0 bridgehead atoms. The first kappa shape index (κ1) is 15.0. The first-order valence-electron chi connectivity index (χ1n) is 9.35. The molecule has 0 amide bonds. The van der Waals surface area contributed by atoms with Crippen molar-refractivity contribution in [2.75, 3.05) is 4.90 Å². The molecule has 1 nitrogen and oxygen atoms in total. The highest BCUT2D eigenvalue weighted by molar-refractivity contribution is 7.05. The van der Waals surface area contributed by atoms with E-state index in [2.05, 4.69) is 84.6 Å². The highest BCUT2D eigenvalue weighted by Crippen LogP contribution is 2.43. The van der Waals surface area contributed by atoms with Crippen LogP contribution in [0.5, 0.6) is 0 Å². The minimum Gasteiger partial charge on any atom is -0.311 e. The third-order valence-corrected chi connectivity index (χ3v) is 11.4. The van der Waals surface area contributed by atoms with E-state index in [1.54, 1.807) is 10.4 Å². The molecular formula is C23H23NSi. The minimum atomic E-state index is -1.60. The summed E-state index contributed by atoms with van der Waals surface area (Å²) < 4.78 is 0. The summed E-state index contributed by atoms with van der Waals surface area (Å²) in [6.45, 7) is 2.22. The zero-order valence-electron chi connectivity index (χ0n) is 14.7. The second kappa shape index (κ2) is 5.60. The van der Waals surface area contributed by atoms with Gasteiger partial charge in [0, 0.05) is 17.1 Å². The number of hydrogen-bond donors (Lipinski definition) is 0. The molecule has 2 heterocycles. The zero-order valence-corrected chi connectivity index (χ0v) is 15.7. The maximum absolute atomic E-state index is 2.49. The summed E-state index contributed by atoms with van der Waals surface area (Å²) in [7, 11) is -1.60. The second-order valence-electron chi connectivity index (χ2n) is 7.50. The van der Waals surface area contributed by atoms with Crippen molar-refractivity contribution >= 4 is 35.5 Å². The normalized spacial score (nSPS) is 17.4. The van der Waals surface area contributed by atoms with Gasteiger partial charge in [0.15, 0.2) is 0 Å². The molecule has 5 rings (SSSR count). The van der Waals surface area contributed by atoms with E-state index in [9.17, 15) is 0 Å². The molecule has 25 heavy (non-hydrogen) atoms. The van der Waals surface area contributed by atoms with Gasteiger partial charge in [-0.3, -0.25) is 0 Å². The summed E-state index contributed by atoms with van der Waals surface area (Å²) >= 11 is 0. The summed E-state index contributed by atoms with van der Waals surface area (Å²) in [5.41, 5.74) is 5.46. The summed E-state index contributed by atoms with van der Waals surface area (Å²) in [4.78, 5) is 2.49. The fraction of sp³-hybridized carbons (Fsp3) is 0.217. The van der Waals surface area contributed by atoms with E-state index in [4.69, 9.17) is 0 Å². The molecule has 124 valence electrons. The quantitative estimate of drug-likeness (QED) is 0.554.